The fourth-order valence-electron chi connectivity index (χ4n) is 5.29. The molecule has 2 amide bonds. The van der Waals surface area contributed by atoms with Crippen LogP contribution < -0.4 is 0 Å². The van der Waals surface area contributed by atoms with Crippen LogP contribution in [0.4, 0.5) is 26.3 Å². The van der Waals surface area contributed by atoms with E-state index < -0.39 is 41.7 Å². The Morgan fingerprint density at radius 2 is 1.36 bits per heavy atom. The van der Waals surface area contributed by atoms with Crippen LogP contribution in [0.15, 0.2) is 48.5 Å². The number of hydrogen-bond acceptors (Lipinski definition) is 5. The van der Waals surface area contributed by atoms with Gasteiger partial charge in [0.1, 0.15) is 0 Å². The zero-order valence-electron chi connectivity index (χ0n) is 22.9. The molecule has 0 aliphatic carbocycles. The van der Waals surface area contributed by atoms with Crippen molar-refractivity contribution >= 4 is 17.8 Å². The van der Waals surface area contributed by atoms with Gasteiger partial charge in [-0.15, -0.1) is 0 Å². The minimum Gasteiger partial charge on any atom is -0.446 e. The molecule has 4 rings (SSSR count). The van der Waals surface area contributed by atoms with Gasteiger partial charge >= 0.3 is 18.3 Å². The van der Waals surface area contributed by atoms with Crippen LogP contribution in [0.3, 0.4) is 0 Å². The summed E-state index contributed by atoms with van der Waals surface area (Å²) in [6, 6.07) is 8.24. The highest BCUT2D eigenvalue weighted by Gasteiger charge is 2.37. The van der Waals surface area contributed by atoms with Crippen LogP contribution in [0.25, 0.3) is 0 Å². The first-order chi connectivity index (χ1) is 19.7. The number of esters is 1. The number of nitrogens with zero attached hydrogens (tertiary/aromatic N) is 3. The average molecular weight is 600 g/mol. The maximum Gasteiger partial charge on any atom is 0.416 e. The molecule has 2 aromatic carbocycles. The van der Waals surface area contributed by atoms with Crippen molar-refractivity contribution in [3.8, 4) is 0 Å². The molecule has 0 bridgehead atoms. The van der Waals surface area contributed by atoms with Gasteiger partial charge in [0, 0.05) is 39.6 Å². The minimum absolute atomic E-state index is 0.111. The Kier molecular flexibility index (Phi) is 9.49. The molecule has 0 N–H and O–H groups in total. The summed E-state index contributed by atoms with van der Waals surface area (Å²) in [5, 5.41) is 0. The molecule has 0 aromatic heterocycles. The Balaban J connectivity index is 1.40. The summed E-state index contributed by atoms with van der Waals surface area (Å²) in [5.74, 6) is -1.05. The van der Waals surface area contributed by atoms with Gasteiger partial charge in [0.25, 0.3) is 0 Å². The number of alkyl halides is 6. The van der Waals surface area contributed by atoms with E-state index in [1.54, 1.807) is 9.80 Å². The average Bonchev–Trinajstić information content (AvgIpc) is 3.34. The number of hydrogen-bond donors (Lipinski definition) is 0. The van der Waals surface area contributed by atoms with Gasteiger partial charge in [-0.3, -0.25) is 19.3 Å². The van der Waals surface area contributed by atoms with Gasteiger partial charge in [0.15, 0.2) is 6.23 Å². The van der Waals surface area contributed by atoms with Gasteiger partial charge in [-0.25, -0.2) is 0 Å². The maximum atomic E-state index is 13.3. The van der Waals surface area contributed by atoms with Crippen LogP contribution in [-0.2, 0) is 44.3 Å². The molecule has 42 heavy (non-hydrogen) atoms. The monoisotopic (exact) mass is 599 g/mol. The number of rotatable bonds is 7. The first-order valence-electron chi connectivity index (χ1n) is 13.5. The summed E-state index contributed by atoms with van der Waals surface area (Å²) >= 11 is 0. The lowest BCUT2D eigenvalue weighted by atomic mass is 10.1. The van der Waals surface area contributed by atoms with E-state index in [1.807, 2.05) is 4.90 Å². The standard InChI is InChI=1S/C29H31F6N3O4/c1-19(39)36-13-14-38(25(40)15-20-4-8-22(9-5-20)28(30,31)32)24(17-36)18-37-12-2-3-26(37)42-27(41)16-21-6-10-23(11-7-21)29(33,34)35/h4-11,24,26H,2-3,12-18H2,1H3. The molecular formula is C29H31F6N3O4. The fraction of sp³-hybridized carbons (Fsp3) is 0.483. The summed E-state index contributed by atoms with van der Waals surface area (Å²) in [6.45, 7) is 3.10. The molecule has 2 aliphatic heterocycles. The van der Waals surface area contributed by atoms with Crippen LogP contribution in [0.1, 0.15) is 42.0 Å². The third kappa shape index (κ3) is 8.02. The minimum atomic E-state index is -4.48. The number of carbonyl (C=O) groups excluding carboxylic acids is 3. The maximum absolute atomic E-state index is 13.3. The van der Waals surface area contributed by atoms with Crippen molar-refractivity contribution in [2.45, 2.75) is 57.2 Å². The summed E-state index contributed by atoms with van der Waals surface area (Å²) in [7, 11) is 0. The summed E-state index contributed by atoms with van der Waals surface area (Å²) in [6.07, 6.45) is -8.64. The van der Waals surface area contributed by atoms with Crippen LogP contribution in [0.5, 0.6) is 0 Å². The summed E-state index contributed by atoms with van der Waals surface area (Å²) in [5.41, 5.74) is -0.815. The van der Waals surface area contributed by atoms with Crippen molar-refractivity contribution in [1.82, 2.24) is 14.7 Å². The quantitative estimate of drug-likeness (QED) is 0.346. The van der Waals surface area contributed by atoms with E-state index in [9.17, 15) is 40.7 Å². The molecule has 0 radical (unpaired) electrons. The van der Waals surface area contributed by atoms with Gasteiger partial charge in [-0.1, -0.05) is 24.3 Å². The molecule has 7 nitrogen and oxygen atoms in total. The van der Waals surface area contributed by atoms with Crippen LogP contribution in [-0.4, -0.2) is 77.5 Å². The third-order valence-corrected chi connectivity index (χ3v) is 7.53. The molecule has 2 saturated heterocycles. The number of halogens is 6. The fourth-order valence-corrected chi connectivity index (χ4v) is 5.29. The molecular weight excluding hydrogens is 568 g/mol. The van der Waals surface area contributed by atoms with E-state index in [4.69, 9.17) is 4.74 Å². The number of likely N-dealkylation sites (tertiary alicyclic amines) is 1. The van der Waals surface area contributed by atoms with Crippen molar-refractivity contribution < 1.29 is 45.5 Å². The van der Waals surface area contributed by atoms with E-state index in [2.05, 4.69) is 0 Å². The number of ether oxygens (including phenoxy) is 1. The third-order valence-electron chi connectivity index (χ3n) is 7.53. The lowest BCUT2D eigenvalue weighted by molar-refractivity contribution is -0.157. The first kappa shape index (κ1) is 31.3. The normalized spacial score (nSPS) is 20.1. The molecule has 228 valence electrons. The number of benzene rings is 2. The molecule has 2 aromatic rings. The predicted octanol–water partition coefficient (Wildman–Crippen LogP) is 4.53. The summed E-state index contributed by atoms with van der Waals surface area (Å²) in [4.78, 5) is 43.2. The van der Waals surface area contributed by atoms with Crippen LogP contribution in [0.2, 0.25) is 0 Å². The lowest BCUT2D eigenvalue weighted by Gasteiger charge is -2.43. The highest BCUT2D eigenvalue weighted by molar-refractivity contribution is 5.80. The topological polar surface area (TPSA) is 70.2 Å². The molecule has 0 spiro atoms. The van der Waals surface area contributed by atoms with Crippen LogP contribution in [0, 0.1) is 0 Å². The second-order valence-corrected chi connectivity index (χ2v) is 10.5. The Morgan fingerprint density at radius 3 is 1.88 bits per heavy atom. The highest BCUT2D eigenvalue weighted by atomic mass is 19.4. The Morgan fingerprint density at radius 1 is 0.810 bits per heavy atom. The number of piperazine rings is 1. The zero-order chi connectivity index (χ0) is 30.7. The smallest absolute Gasteiger partial charge is 0.416 e. The SMILES string of the molecule is CC(=O)N1CCN(C(=O)Cc2ccc(C(F)(F)F)cc2)C(CN2CCCC2OC(=O)Cc2ccc(C(F)(F)F)cc2)C1. The van der Waals surface area contributed by atoms with Crippen molar-refractivity contribution in [3.05, 3.63) is 70.8 Å². The molecule has 2 fully saturated rings. The zero-order valence-corrected chi connectivity index (χ0v) is 22.9. The molecule has 2 atom stereocenters. The second kappa shape index (κ2) is 12.7. The van der Waals surface area contributed by atoms with Gasteiger partial charge < -0.3 is 14.5 Å². The predicted molar refractivity (Wildman–Crippen MR) is 139 cm³/mol. The van der Waals surface area contributed by atoms with E-state index in [1.165, 1.54) is 31.2 Å². The highest BCUT2D eigenvalue weighted by Crippen LogP contribution is 2.30. The Bertz CT molecular complexity index is 1260. The van der Waals surface area contributed by atoms with E-state index in [0.29, 0.717) is 43.6 Å². The van der Waals surface area contributed by atoms with Crippen LogP contribution >= 0.6 is 0 Å². The second-order valence-electron chi connectivity index (χ2n) is 10.5. The van der Waals surface area contributed by atoms with E-state index in [0.717, 1.165) is 24.3 Å². The molecule has 2 heterocycles. The Hall–Kier alpha value is -3.61. The number of carbonyl (C=O) groups is 3. The van der Waals surface area contributed by atoms with Gasteiger partial charge in [-0.05, 0) is 48.2 Å². The summed E-state index contributed by atoms with van der Waals surface area (Å²) < 4.78 is 82.8. The number of amides is 2. The first-order valence-corrected chi connectivity index (χ1v) is 13.5. The Labute approximate surface area is 239 Å². The van der Waals surface area contributed by atoms with Crippen molar-refractivity contribution in [2.24, 2.45) is 0 Å². The van der Waals surface area contributed by atoms with E-state index >= 15 is 0 Å². The molecule has 2 unspecified atom stereocenters. The van der Waals surface area contributed by atoms with Gasteiger partial charge in [0.2, 0.25) is 11.8 Å². The van der Waals surface area contributed by atoms with Crippen molar-refractivity contribution in [1.29, 1.82) is 0 Å². The van der Waals surface area contributed by atoms with Gasteiger partial charge in [0.05, 0.1) is 30.0 Å². The van der Waals surface area contributed by atoms with Crippen molar-refractivity contribution in [3.63, 3.8) is 0 Å². The largest absolute Gasteiger partial charge is 0.446 e. The van der Waals surface area contributed by atoms with Gasteiger partial charge in [-0.2, -0.15) is 26.3 Å². The van der Waals surface area contributed by atoms with E-state index in [-0.39, 0.29) is 37.7 Å². The molecule has 13 heteroatoms. The lowest BCUT2D eigenvalue weighted by Crippen LogP contribution is -2.60. The molecule has 2 aliphatic rings. The van der Waals surface area contributed by atoms with Crippen molar-refractivity contribution in [2.75, 3.05) is 32.7 Å². The molecule has 0 saturated carbocycles.